The lowest BCUT2D eigenvalue weighted by atomic mass is 10.2. The molecule has 3 nitrogen and oxygen atoms in total. The molecule has 0 fully saturated rings. The summed E-state index contributed by atoms with van der Waals surface area (Å²) in [5, 5.41) is 10.4. The maximum Gasteiger partial charge on any atom is 0.136 e. The summed E-state index contributed by atoms with van der Waals surface area (Å²) in [6.45, 7) is 0.0238. The molecule has 19 heavy (non-hydrogen) atoms. The summed E-state index contributed by atoms with van der Waals surface area (Å²) in [5.74, 6) is 1.61. The van der Waals surface area contributed by atoms with E-state index in [4.69, 9.17) is 4.74 Å². The number of para-hydroxylation sites is 1. The normalized spacial score (nSPS) is 10.8. The lowest BCUT2D eigenvalue weighted by molar-refractivity contribution is 0.273. The molecule has 1 heterocycles. The summed E-state index contributed by atoms with van der Waals surface area (Å²) < 4.78 is 7.89. The first-order valence-corrected chi connectivity index (χ1v) is 6.20. The highest BCUT2D eigenvalue weighted by Gasteiger charge is 2.09. The van der Waals surface area contributed by atoms with Crippen molar-refractivity contribution < 1.29 is 9.84 Å². The van der Waals surface area contributed by atoms with Crippen LogP contribution in [0.5, 0.6) is 11.5 Å². The average Bonchev–Trinajstić information content (AvgIpc) is 2.78. The van der Waals surface area contributed by atoms with Gasteiger partial charge in [0.25, 0.3) is 0 Å². The Labute approximate surface area is 111 Å². The van der Waals surface area contributed by atoms with Crippen molar-refractivity contribution in [1.82, 2.24) is 4.57 Å². The smallest absolute Gasteiger partial charge is 0.136 e. The van der Waals surface area contributed by atoms with E-state index < -0.39 is 0 Å². The summed E-state index contributed by atoms with van der Waals surface area (Å²) in [7, 11) is 1.94. The van der Waals surface area contributed by atoms with Crippen LogP contribution in [0.15, 0.2) is 54.6 Å². The maximum atomic E-state index is 9.34. The van der Waals surface area contributed by atoms with Crippen molar-refractivity contribution in [3.8, 4) is 11.5 Å². The number of aromatic nitrogens is 1. The molecule has 3 aromatic rings. The van der Waals surface area contributed by atoms with Crippen LogP contribution in [0.4, 0.5) is 0 Å². The van der Waals surface area contributed by atoms with Gasteiger partial charge in [-0.25, -0.2) is 0 Å². The zero-order chi connectivity index (χ0) is 13.2. The monoisotopic (exact) mass is 253 g/mol. The first-order valence-electron chi connectivity index (χ1n) is 6.20. The Morgan fingerprint density at radius 1 is 1.05 bits per heavy atom. The molecule has 0 atom stereocenters. The summed E-state index contributed by atoms with van der Waals surface area (Å²) >= 11 is 0. The molecule has 0 aliphatic rings. The average molecular weight is 253 g/mol. The van der Waals surface area contributed by atoms with Crippen LogP contribution in [0, 0.1) is 0 Å². The van der Waals surface area contributed by atoms with E-state index in [1.165, 1.54) is 0 Å². The fourth-order valence-electron chi connectivity index (χ4n) is 2.24. The predicted molar refractivity (Wildman–Crippen MR) is 75.4 cm³/mol. The molecule has 0 unspecified atom stereocenters. The topological polar surface area (TPSA) is 34.4 Å². The van der Waals surface area contributed by atoms with E-state index in [-0.39, 0.29) is 6.61 Å². The molecule has 0 amide bonds. The Morgan fingerprint density at radius 2 is 1.84 bits per heavy atom. The van der Waals surface area contributed by atoms with Crippen LogP contribution in [-0.2, 0) is 13.7 Å². The van der Waals surface area contributed by atoms with Gasteiger partial charge in [0.1, 0.15) is 11.5 Å². The number of rotatable bonds is 3. The Morgan fingerprint density at radius 3 is 2.58 bits per heavy atom. The van der Waals surface area contributed by atoms with Crippen LogP contribution >= 0.6 is 0 Å². The number of hydrogen-bond donors (Lipinski definition) is 1. The lowest BCUT2D eigenvalue weighted by Gasteiger charge is -2.07. The number of benzene rings is 2. The molecule has 0 saturated carbocycles. The van der Waals surface area contributed by atoms with E-state index in [1.54, 1.807) is 0 Å². The van der Waals surface area contributed by atoms with E-state index in [0.29, 0.717) is 0 Å². The highest BCUT2D eigenvalue weighted by molar-refractivity contribution is 5.87. The fourth-order valence-corrected chi connectivity index (χ4v) is 2.24. The zero-order valence-electron chi connectivity index (χ0n) is 10.7. The van der Waals surface area contributed by atoms with Crippen molar-refractivity contribution in [3.05, 3.63) is 60.3 Å². The number of ether oxygens (including phenoxy) is 1. The molecular formula is C16H15NO2. The van der Waals surface area contributed by atoms with Gasteiger partial charge in [-0.05, 0) is 30.3 Å². The van der Waals surface area contributed by atoms with E-state index in [2.05, 4.69) is 0 Å². The van der Waals surface area contributed by atoms with Crippen molar-refractivity contribution >= 4 is 10.9 Å². The van der Waals surface area contributed by atoms with Crippen LogP contribution in [0.25, 0.3) is 10.9 Å². The second kappa shape index (κ2) is 4.78. The van der Waals surface area contributed by atoms with Crippen molar-refractivity contribution in [2.75, 3.05) is 0 Å². The van der Waals surface area contributed by atoms with Gasteiger partial charge in [-0.3, -0.25) is 0 Å². The molecule has 0 spiro atoms. The molecule has 0 bridgehead atoms. The number of fused-ring (bicyclic) bond motifs is 1. The molecule has 0 saturated heterocycles. The van der Waals surface area contributed by atoms with Gasteiger partial charge in [-0.15, -0.1) is 0 Å². The van der Waals surface area contributed by atoms with Gasteiger partial charge in [0.15, 0.2) is 0 Å². The minimum atomic E-state index is 0.0238. The minimum Gasteiger partial charge on any atom is -0.457 e. The minimum absolute atomic E-state index is 0.0238. The van der Waals surface area contributed by atoms with Gasteiger partial charge in [0.05, 0.1) is 12.1 Å². The second-order valence-corrected chi connectivity index (χ2v) is 4.46. The van der Waals surface area contributed by atoms with Crippen LogP contribution in [0.2, 0.25) is 0 Å². The molecule has 1 N–H and O–H groups in total. The van der Waals surface area contributed by atoms with Gasteiger partial charge in [-0.2, -0.15) is 0 Å². The molecule has 0 aliphatic heterocycles. The Bertz CT molecular complexity index is 701. The summed E-state index contributed by atoms with van der Waals surface area (Å²) in [4.78, 5) is 0. The van der Waals surface area contributed by atoms with Crippen molar-refractivity contribution in [1.29, 1.82) is 0 Å². The van der Waals surface area contributed by atoms with Gasteiger partial charge < -0.3 is 14.4 Å². The molecule has 0 radical (unpaired) electrons. The predicted octanol–water partition coefficient (Wildman–Crippen LogP) is 3.46. The molecular weight excluding hydrogens is 238 g/mol. The third kappa shape index (κ3) is 2.09. The fraction of sp³-hybridized carbons (Fsp3) is 0.125. The summed E-state index contributed by atoms with van der Waals surface area (Å²) in [6.07, 6.45) is 0. The number of hydrogen-bond acceptors (Lipinski definition) is 2. The van der Waals surface area contributed by atoms with Crippen LogP contribution in [0.3, 0.4) is 0 Å². The van der Waals surface area contributed by atoms with Crippen LogP contribution < -0.4 is 4.74 Å². The van der Waals surface area contributed by atoms with Crippen LogP contribution in [-0.4, -0.2) is 9.67 Å². The number of nitrogens with zero attached hydrogens (tertiary/aromatic N) is 1. The van der Waals surface area contributed by atoms with Gasteiger partial charge in [0.2, 0.25) is 0 Å². The maximum absolute atomic E-state index is 9.34. The van der Waals surface area contributed by atoms with Crippen molar-refractivity contribution in [3.63, 3.8) is 0 Å². The molecule has 2 aromatic carbocycles. The zero-order valence-corrected chi connectivity index (χ0v) is 10.7. The molecule has 96 valence electrons. The first kappa shape index (κ1) is 11.8. The standard InChI is InChI=1S/C16H15NO2/c1-17-12(11-18)10-14-15(17)8-5-9-16(14)19-13-6-3-2-4-7-13/h2-10,18H,11H2,1H3. The molecule has 0 aliphatic carbocycles. The van der Waals surface area contributed by atoms with E-state index in [0.717, 1.165) is 28.1 Å². The van der Waals surface area contributed by atoms with E-state index in [1.807, 2.05) is 66.2 Å². The Hall–Kier alpha value is -2.26. The SMILES string of the molecule is Cn1c(CO)cc2c(Oc3ccccc3)cccc21. The van der Waals surface area contributed by atoms with E-state index >= 15 is 0 Å². The number of aryl methyl sites for hydroxylation is 1. The van der Waals surface area contributed by atoms with E-state index in [9.17, 15) is 5.11 Å². The quantitative estimate of drug-likeness (QED) is 0.775. The summed E-state index contributed by atoms with van der Waals surface area (Å²) in [6, 6.07) is 17.6. The molecule has 3 heteroatoms. The highest BCUT2D eigenvalue weighted by Crippen LogP contribution is 2.31. The van der Waals surface area contributed by atoms with Crippen molar-refractivity contribution in [2.45, 2.75) is 6.61 Å². The van der Waals surface area contributed by atoms with Gasteiger partial charge in [0, 0.05) is 18.1 Å². The van der Waals surface area contributed by atoms with Gasteiger partial charge in [-0.1, -0.05) is 24.3 Å². The van der Waals surface area contributed by atoms with Crippen molar-refractivity contribution in [2.24, 2.45) is 7.05 Å². The third-order valence-electron chi connectivity index (χ3n) is 3.28. The Kier molecular flexibility index (Phi) is 2.97. The Balaban J connectivity index is 2.09. The molecule has 1 aromatic heterocycles. The largest absolute Gasteiger partial charge is 0.457 e. The third-order valence-corrected chi connectivity index (χ3v) is 3.28. The lowest BCUT2D eigenvalue weighted by Crippen LogP contribution is -1.94. The first-order chi connectivity index (χ1) is 9.29. The summed E-state index contributed by atoms with van der Waals surface area (Å²) in [5.41, 5.74) is 1.93. The second-order valence-electron chi connectivity index (χ2n) is 4.46. The molecule has 3 rings (SSSR count). The van der Waals surface area contributed by atoms with Gasteiger partial charge >= 0.3 is 0 Å². The highest BCUT2D eigenvalue weighted by atomic mass is 16.5. The number of aliphatic hydroxyl groups is 1. The number of aliphatic hydroxyl groups excluding tert-OH is 1. The van der Waals surface area contributed by atoms with Crippen LogP contribution in [0.1, 0.15) is 5.69 Å².